The van der Waals surface area contributed by atoms with Gasteiger partial charge in [-0.15, -0.1) is 0 Å². The average Bonchev–Trinajstić information content (AvgIpc) is 3.21. The summed E-state index contributed by atoms with van der Waals surface area (Å²) in [6.07, 6.45) is 1.86. The van der Waals surface area contributed by atoms with Gasteiger partial charge in [-0.3, -0.25) is 4.98 Å². The van der Waals surface area contributed by atoms with E-state index in [-0.39, 0.29) is 0 Å². The van der Waals surface area contributed by atoms with E-state index in [1.807, 2.05) is 48.7 Å². The molecule has 0 spiro atoms. The number of benzene rings is 7. The van der Waals surface area contributed by atoms with Crippen LogP contribution in [0.25, 0.3) is 89.0 Å². The van der Waals surface area contributed by atoms with Crippen LogP contribution in [-0.2, 0) is 0 Å². The normalized spacial score (nSPS) is 11.2. The predicted molar refractivity (Wildman–Crippen MR) is 207 cm³/mol. The molecule has 0 aliphatic carbocycles. The van der Waals surface area contributed by atoms with Crippen LogP contribution in [0.15, 0.2) is 188 Å². The highest BCUT2D eigenvalue weighted by Gasteiger charge is 2.15. The van der Waals surface area contributed by atoms with Crippen LogP contribution in [0.5, 0.6) is 0 Å². The Morgan fingerprint density at radius 3 is 1.60 bits per heavy atom. The van der Waals surface area contributed by atoms with E-state index in [0.29, 0.717) is 5.82 Å². The van der Waals surface area contributed by atoms with Gasteiger partial charge in [-0.1, -0.05) is 170 Å². The molecule has 0 N–H and O–H groups in total. The van der Waals surface area contributed by atoms with Crippen LogP contribution in [0.3, 0.4) is 0 Å². The maximum atomic E-state index is 5.04. The van der Waals surface area contributed by atoms with E-state index >= 15 is 0 Å². The second kappa shape index (κ2) is 12.7. The van der Waals surface area contributed by atoms with Crippen molar-refractivity contribution in [2.75, 3.05) is 0 Å². The first-order valence-electron chi connectivity index (χ1n) is 16.9. The van der Waals surface area contributed by atoms with Crippen molar-refractivity contribution in [1.82, 2.24) is 15.0 Å². The fourth-order valence-electron chi connectivity index (χ4n) is 6.87. The van der Waals surface area contributed by atoms with Crippen molar-refractivity contribution in [3.05, 3.63) is 188 Å². The van der Waals surface area contributed by atoms with Crippen LogP contribution in [0.2, 0.25) is 0 Å². The van der Waals surface area contributed by atoms with Crippen LogP contribution >= 0.6 is 0 Å². The monoisotopic (exact) mass is 637 g/mol. The molecule has 3 nitrogen and oxygen atoms in total. The van der Waals surface area contributed by atoms with E-state index in [1.54, 1.807) is 0 Å². The molecule has 9 aromatic rings. The number of para-hydroxylation sites is 1. The molecule has 0 saturated heterocycles. The van der Waals surface area contributed by atoms with E-state index in [4.69, 9.17) is 15.0 Å². The molecule has 9 rings (SSSR count). The lowest BCUT2D eigenvalue weighted by Gasteiger charge is -2.15. The van der Waals surface area contributed by atoms with Crippen molar-refractivity contribution in [3.8, 4) is 67.3 Å². The van der Waals surface area contributed by atoms with E-state index in [0.717, 1.165) is 55.7 Å². The lowest BCUT2D eigenvalue weighted by molar-refractivity contribution is 1.18. The van der Waals surface area contributed by atoms with E-state index in [9.17, 15) is 0 Å². The Kier molecular flexibility index (Phi) is 7.49. The van der Waals surface area contributed by atoms with Gasteiger partial charge in [0.25, 0.3) is 0 Å². The first-order valence-corrected chi connectivity index (χ1v) is 16.9. The summed E-state index contributed by atoms with van der Waals surface area (Å²) in [5.41, 5.74) is 12.9. The van der Waals surface area contributed by atoms with Crippen LogP contribution in [0, 0.1) is 0 Å². The van der Waals surface area contributed by atoms with E-state index in [2.05, 4.69) is 140 Å². The molecule has 0 aliphatic heterocycles. The standard InChI is InChI=1S/C47H31N3/c1-3-12-35(13-4-1)43-31-44(36-14-5-2-6-15-36)50-47(49-43)39-26-22-33(23-27-39)41-29-28-32-11-7-8-18-40(32)45(41)37-24-20-34(21-25-37)42-19-9-16-38-17-10-30-48-46(38)42/h1-31H. The zero-order valence-corrected chi connectivity index (χ0v) is 27.2. The Bertz CT molecular complexity index is 2550. The van der Waals surface area contributed by atoms with Crippen LogP contribution in [0.4, 0.5) is 0 Å². The third-order valence-corrected chi connectivity index (χ3v) is 9.37. The number of rotatable bonds is 6. The molecule has 2 heterocycles. The summed E-state index contributed by atoms with van der Waals surface area (Å²) in [5, 5.41) is 3.58. The predicted octanol–water partition coefficient (Wildman–Crippen LogP) is 12.2. The quantitative estimate of drug-likeness (QED) is 0.182. The minimum absolute atomic E-state index is 0.703. The topological polar surface area (TPSA) is 38.7 Å². The highest BCUT2D eigenvalue weighted by Crippen LogP contribution is 2.40. The summed E-state index contributed by atoms with van der Waals surface area (Å²) >= 11 is 0. The van der Waals surface area contributed by atoms with E-state index in [1.165, 1.54) is 27.5 Å². The lowest BCUT2D eigenvalue weighted by atomic mass is 9.88. The highest BCUT2D eigenvalue weighted by atomic mass is 14.9. The van der Waals surface area contributed by atoms with Gasteiger partial charge in [0.1, 0.15) is 0 Å². The number of nitrogens with zero attached hydrogens (tertiary/aromatic N) is 3. The minimum atomic E-state index is 0.703. The fraction of sp³-hybridized carbons (Fsp3) is 0. The molecule has 3 heteroatoms. The molecule has 7 aromatic carbocycles. The fourth-order valence-corrected chi connectivity index (χ4v) is 6.87. The summed E-state index contributed by atoms with van der Waals surface area (Å²) < 4.78 is 0. The van der Waals surface area contributed by atoms with Crippen LogP contribution in [-0.4, -0.2) is 15.0 Å². The largest absolute Gasteiger partial charge is 0.256 e. The third kappa shape index (κ3) is 5.51. The molecule has 2 aromatic heterocycles. The molecule has 0 atom stereocenters. The second-order valence-electron chi connectivity index (χ2n) is 12.4. The molecular formula is C47H31N3. The molecule has 0 saturated carbocycles. The summed E-state index contributed by atoms with van der Waals surface area (Å²) in [5.74, 6) is 0.703. The maximum Gasteiger partial charge on any atom is 0.160 e. The molecule has 234 valence electrons. The molecule has 0 amide bonds. The van der Waals surface area contributed by atoms with Crippen LogP contribution in [0.1, 0.15) is 0 Å². The Morgan fingerprint density at radius 1 is 0.340 bits per heavy atom. The van der Waals surface area contributed by atoms with Crippen LogP contribution < -0.4 is 0 Å². The first-order chi connectivity index (χ1) is 24.8. The third-order valence-electron chi connectivity index (χ3n) is 9.37. The number of hydrogen-bond acceptors (Lipinski definition) is 3. The van der Waals surface area contributed by atoms with Gasteiger partial charge >= 0.3 is 0 Å². The van der Waals surface area contributed by atoms with Crippen molar-refractivity contribution in [3.63, 3.8) is 0 Å². The number of fused-ring (bicyclic) bond motifs is 2. The SMILES string of the molecule is c1ccc(-c2cc(-c3ccccc3)nc(-c3ccc(-c4ccc5ccccc5c4-c4ccc(-c5cccc6cccnc56)cc4)cc3)n2)cc1. The summed E-state index contributed by atoms with van der Waals surface area (Å²) in [6, 6.07) is 63.8. The molecule has 0 aliphatic rings. The van der Waals surface area contributed by atoms with Gasteiger partial charge in [0, 0.05) is 33.8 Å². The minimum Gasteiger partial charge on any atom is -0.256 e. The molecule has 0 bridgehead atoms. The molecule has 0 fully saturated rings. The Labute approximate surface area is 291 Å². The van der Waals surface area contributed by atoms with Crippen molar-refractivity contribution in [2.24, 2.45) is 0 Å². The Morgan fingerprint density at radius 2 is 0.900 bits per heavy atom. The first kappa shape index (κ1) is 29.4. The van der Waals surface area contributed by atoms with Gasteiger partial charge in [-0.25, -0.2) is 9.97 Å². The van der Waals surface area contributed by atoms with Gasteiger partial charge in [-0.05, 0) is 50.7 Å². The second-order valence-corrected chi connectivity index (χ2v) is 12.4. The molecule has 0 unspecified atom stereocenters. The number of hydrogen-bond donors (Lipinski definition) is 0. The molecule has 50 heavy (non-hydrogen) atoms. The van der Waals surface area contributed by atoms with Crippen molar-refractivity contribution in [2.45, 2.75) is 0 Å². The smallest absolute Gasteiger partial charge is 0.160 e. The van der Waals surface area contributed by atoms with E-state index < -0.39 is 0 Å². The maximum absolute atomic E-state index is 5.04. The number of pyridine rings is 1. The zero-order valence-electron chi connectivity index (χ0n) is 27.2. The van der Waals surface area contributed by atoms with Crippen molar-refractivity contribution < 1.29 is 0 Å². The van der Waals surface area contributed by atoms with Gasteiger partial charge in [-0.2, -0.15) is 0 Å². The summed E-state index contributed by atoms with van der Waals surface area (Å²) in [7, 11) is 0. The van der Waals surface area contributed by atoms with Gasteiger partial charge in [0.2, 0.25) is 0 Å². The average molecular weight is 638 g/mol. The Balaban J connectivity index is 1.13. The highest BCUT2D eigenvalue weighted by molar-refractivity contribution is 6.04. The molecular weight excluding hydrogens is 607 g/mol. The zero-order chi connectivity index (χ0) is 33.3. The summed E-state index contributed by atoms with van der Waals surface area (Å²) in [6.45, 7) is 0. The number of aromatic nitrogens is 3. The Hall–Kier alpha value is -6.71. The van der Waals surface area contributed by atoms with Crippen molar-refractivity contribution in [1.29, 1.82) is 0 Å². The van der Waals surface area contributed by atoms with Gasteiger partial charge < -0.3 is 0 Å². The lowest BCUT2D eigenvalue weighted by Crippen LogP contribution is -1.96. The summed E-state index contributed by atoms with van der Waals surface area (Å²) in [4.78, 5) is 14.8. The molecule has 0 radical (unpaired) electrons. The van der Waals surface area contributed by atoms with Gasteiger partial charge in [0.15, 0.2) is 5.82 Å². The van der Waals surface area contributed by atoms with Gasteiger partial charge in [0.05, 0.1) is 16.9 Å². The van der Waals surface area contributed by atoms with Crippen molar-refractivity contribution >= 4 is 21.7 Å².